The van der Waals surface area contributed by atoms with Crippen molar-refractivity contribution in [2.24, 2.45) is 10.2 Å². The van der Waals surface area contributed by atoms with Gasteiger partial charge in [-0.3, -0.25) is 9.35 Å². The number of rotatable bonds is 10. The molecule has 0 saturated carbocycles. The summed E-state index contributed by atoms with van der Waals surface area (Å²) >= 11 is -2.59. The van der Waals surface area contributed by atoms with Gasteiger partial charge >= 0.3 is 5.91 Å². The smallest absolute Gasteiger partial charge is 0.360 e. The maximum Gasteiger partial charge on any atom is 0.360 e. The van der Waals surface area contributed by atoms with Gasteiger partial charge in [-0.05, 0) is 48.5 Å². The summed E-state index contributed by atoms with van der Waals surface area (Å²) in [5.41, 5.74) is 3.35. The lowest BCUT2D eigenvalue weighted by Gasteiger charge is -2.22. The number of benzene rings is 4. The van der Waals surface area contributed by atoms with E-state index in [1.165, 1.54) is 20.3 Å². The van der Waals surface area contributed by atoms with Crippen LogP contribution in [0, 0.1) is 0 Å². The van der Waals surface area contributed by atoms with Crippen LogP contribution in [0.5, 0.6) is 11.5 Å². The molecule has 0 radical (unpaired) electrons. The van der Waals surface area contributed by atoms with Crippen LogP contribution in [-0.2, 0) is 11.3 Å². The summed E-state index contributed by atoms with van der Waals surface area (Å²) < 4.78 is 35.2. The Morgan fingerprint density at radius 1 is 0.867 bits per heavy atom. The molecule has 1 aromatic heterocycles. The van der Waals surface area contributed by atoms with Gasteiger partial charge in [0.1, 0.15) is 11.5 Å². The molecule has 0 aliphatic heterocycles. The van der Waals surface area contributed by atoms with Crippen LogP contribution < -0.4 is 28.9 Å². The quantitative estimate of drug-likeness (QED) is 0.105. The van der Waals surface area contributed by atoms with Crippen LogP contribution in [0.1, 0.15) is 10.4 Å². The highest BCUT2D eigenvalue weighted by Crippen LogP contribution is 2.36. The second-order valence-corrected chi connectivity index (χ2v) is 10.5. The van der Waals surface area contributed by atoms with Crippen molar-refractivity contribution in [2.45, 2.75) is 0 Å². The first kappa shape index (κ1) is 30.8. The van der Waals surface area contributed by atoms with Crippen molar-refractivity contribution in [3.8, 4) is 11.5 Å². The number of anilines is 5. The van der Waals surface area contributed by atoms with Crippen LogP contribution in [0.25, 0.3) is 11.0 Å². The molecule has 5 aromatic rings. The van der Waals surface area contributed by atoms with Gasteiger partial charge in [0, 0.05) is 43.7 Å². The second-order valence-electron chi connectivity index (χ2n) is 9.70. The number of nitrogens with one attached hydrogen (secondary N) is 1. The Balaban J connectivity index is 1.52. The fourth-order valence-electron chi connectivity index (χ4n) is 4.29. The standard InChI is InChI=1S/C31H28N8O5S/c1-38(2)23-11-7-9-20(15-23)31(40)36-37-35-21-10-8-12-24(16-21)39(45(41)42)30-29(33-27-13-5-6-14-28(27)34-30)32-22-17-25(43-3)19-26(18-22)44-4/h5-19H,1-4H3,(H-,32,33,41,42)/p+1. The molecule has 45 heavy (non-hydrogen) atoms. The van der Waals surface area contributed by atoms with Crippen molar-refractivity contribution >= 4 is 62.6 Å². The van der Waals surface area contributed by atoms with Gasteiger partial charge in [-0.25, -0.2) is 18.5 Å². The molecular formula is C31H29N8O5S+. The molecule has 0 spiro atoms. The molecule has 0 saturated heterocycles. The van der Waals surface area contributed by atoms with Gasteiger partial charge in [-0.2, -0.15) is 0 Å². The number of para-hydroxylation sites is 2. The molecule has 0 fully saturated rings. The molecule has 0 aliphatic rings. The number of carbonyl (C=O) groups is 1. The molecule has 2 N–H and O–H groups in total. The highest BCUT2D eigenvalue weighted by atomic mass is 32.2. The van der Waals surface area contributed by atoms with Gasteiger partial charge in [0.15, 0.2) is 22.4 Å². The fraction of sp³-hybridized carbons (Fsp3) is 0.129. The lowest BCUT2D eigenvalue weighted by molar-refractivity contribution is 0.0992. The number of nitrogens with zero attached hydrogens (tertiary/aromatic N) is 7. The molecular weight excluding hydrogens is 596 g/mol. The summed E-state index contributed by atoms with van der Waals surface area (Å²) in [6.07, 6.45) is 0. The maximum absolute atomic E-state index is 12.9. The van der Waals surface area contributed by atoms with Crippen LogP contribution in [0.2, 0.25) is 0 Å². The zero-order chi connectivity index (χ0) is 31.9. The van der Waals surface area contributed by atoms with Gasteiger partial charge in [-0.1, -0.05) is 24.3 Å². The van der Waals surface area contributed by atoms with Crippen LogP contribution >= 0.6 is 0 Å². The number of ether oxygens (including phenoxy) is 2. The Labute approximate surface area is 261 Å². The normalized spacial score (nSPS) is 11.2. The summed E-state index contributed by atoms with van der Waals surface area (Å²) in [4.78, 5) is 27.6. The zero-order valence-corrected chi connectivity index (χ0v) is 25.6. The Hall–Kier alpha value is -5.69. The number of hydrogen-bond acceptors (Lipinski definition) is 9. The molecule has 1 heterocycles. The Bertz CT molecular complexity index is 1940. The molecule has 1 atom stereocenters. The SMILES string of the molecule is COc1cc(Nc2nc3ccccc3nc2N(c2cccc(N=[N+]=NC(=O)c3cccc(N(C)C)c3)c2)S(=O)O)cc(OC)c1. The second kappa shape index (κ2) is 13.7. The van der Waals surface area contributed by atoms with Gasteiger partial charge in [0.25, 0.3) is 11.3 Å². The molecule has 1 amide bonds. The van der Waals surface area contributed by atoms with Crippen molar-refractivity contribution < 1.29 is 23.0 Å². The number of methoxy groups -OCH3 is 2. The van der Waals surface area contributed by atoms with Crippen LogP contribution in [-0.4, -0.2) is 53.0 Å². The van der Waals surface area contributed by atoms with Crippen LogP contribution in [0.3, 0.4) is 0 Å². The van der Waals surface area contributed by atoms with Gasteiger partial charge in [-0.15, -0.1) is 0 Å². The molecule has 4 aromatic carbocycles. The molecule has 228 valence electrons. The van der Waals surface area contributed by atoms with E-state index in [0.29, 0.717) is 33.8 Å². The van der Waals surface area contributed by atoms with Crippen molar-refractivity contribution in [3.05, 3.63) is 96.6 Å². The van der Waals surface area contributed by atoms with E-state index in [1.807, 2.05) is 31.1 Å². The molecule has 14 heteroatoms. The predicted octanol–water partition coefficient (Wildman–Crippen LogP) is 6.17. The first-order valence-corrected chi connectivity index (χ1v) is 14.5. The van der Waals surface area contributed by atoms with Crippen molar-refractivity contribution in [2.75, 3.05) is 42.8 Å². The third kappa shape index (κ3) is 7.28. The minimum atomic E-state index is -2.59. The van der Waals surface area contributed by atoms with E-state index >= 15 is 0 Å². The van der Waals surface area contributed by atoms with Gasteiger partial charge < -0.3 is 19.7 Å². The molecule has 1 unspecified atom stereocenters. The average molecular weight is 626 g/mol. The lowest BCUT2D eigenvalue weighted by Crippen LogP contribution is -2.22. The first-order valence-electron chi connectivity index (χ1n) is 13.5. The maximum atomic E-state index is 12.9. The van der Waals surface area contributed by atoms with E-state index in [0.717, 1.165) is 9.99 Å². The van der Waals surface area contributed by atoms with E-state index in [-0.39, 0.29) is 23.0 Å². The van der Waals surface area contributed by atoms with Gasteiger partial charge in [0.2, 0.25) is 10.0 Å². The summed E-state index contributed by atoms with van der Waals surface area (Å²) in [7, 11) is 6.81. The van der Waals surface area contributed by atoms with Crippen LogP contribution in [0.4, 0.5) is 34.4 Å². The lowest BCUT2D eigenvalue weighted by atomic mass is 10.2. The largest absolute Gasteiger partial charge is 0.497 e. The Morgan fingerprint density at radius 3 is 2.20 bits per heavy atom. The average Bonchev–Trinajstić information content (AvgIpc) is 3.04. The molecule has 13 nitrogen and oxygen atoms in total. The predicted molar refractivity (Wildman–Crippen MR) is 173 cm³/mol. The highest BCUT2D eigenvalue weighted by Gasteiger charge is 2.24. The van der Waals surface area contributed by atoms with Gasteiger partial charge in [0.05, 0.1) is 36.5 Å². The molecule has 5 rings (SSSR count). The first-order chi connectivity index (χ1) is 21.7. The Kier molecular flexibility index (Phi) is 9.39. The number of hydrogen-bond donors (Lipinski definition) is 2. The number of aromatic nitrogens is 2. The minimum absolute atomic E-state index is 0.0612. The molecule has 0 aliphatic carbocycles. The molecule has 0 bridgehead atoms. The monoisotopic (exact) mass is 625 g/mol. The number of carbonyl (C=O) groups excluding carboxylic acids is 1. The van der Waals surface area contributed by atoms with E-state index in [1.54, 1.807) is 72.8 Å². The summed E-state index contributed by atoms with van der Waals surface area (Å²) in [5, 5.41) is 10.9. The Morgan fingerprint density at radius 2 is 1.53 bits per heavy atom. The summed E-state index contributed by atoms with van der Waals surface area (Å²) in [6.45, 7) is 0. The van der Waals surface area contributed by atoms with E-state index in [2.05, 4.69) is 25.4 Å². The van der Waals surface area contributed by atoms with E-state index in [4.69, 9.17) is 14.5 Å². The van der Waals surface area contributed by atoms with Crippen molar-refractivity contribution in [1.82, 2.24) is 14.9 Å². The van der Waals surface area contributed by atoms with Crippen LogP contribution in [0.15, 0.2) is 101 Å². The van der Waals surface area contributed by atoms with Crippen molar-refractivity contribution in [3.63, 3.8) is 0 Å². The van der Waals surface area contributed by atoms with E-state index < -0.39 is 17.2 Å². The number of amides is 1. The third-order valence-electron chi connectivity index (χ3n) is 6.48. The fourth-order valence-corrected chi connectivity index (χ4v) is 4.86. The van der Waals surface area contributed by atoms with E-state index in [9.17, 15) is 13.6 Å². The third-order valence-corrected chi connectivity index (χ3v) is 7.18. The topological polar surface area (TPSA) is 156 Å². The summed E-state index contributed by atoms with van der Waals surface area (Å²) in [5.74, 6) is 0.752. The minimum Gasteiger partial charge on any atom is -0.497 e. The van der Waals surface area contributed by atoms with Crippen molar-refractivity contribution in [1.29, 1.82) is 0 Å². The summed E-state index contributed by atoms with van der Waals surface area (Å²) in [6, 6.07) is 25.7. The zero-order valence-electron chi connectivity index (χ0n) is 24.8. The number of fused-ring (bicyclic) bond motifs is 1. The highest BCUT2D eigenvalue weighted by molar-refractivity contribution is 7.81.